The van der Waals surface area contributed by atoms with E-state index in [4.69, 9.17) is 27.9 Å². The molecule has 0 aromatic heterocycles. The zero-order chi connectivity index (χ0) is 14.7. The third kappa shape index (κ3) is 3.85. The molecule has 2 rings (SSSR count). The second-order valence-corrected chi connectivity index (χ2v) is 5.66. The average molecular weight is 377 g/mol. The van der Waals surface area contributed by atoms with Crippen molar-refractivity contribution >= 4 is 44.8 Å². The van der Waals surface area contributed by atoms with Crippen molar-refractivity contribution < 1.29 is 9.66 Å². The highest BCUT2D eigenvalue weighted by Gasteiger charge is 2.12. The zero-order valence-electron chi connectivity index (χ0n) is 9.98. The van der Waals surface area contributed by atoms with Gasteiger partial charge < -0.3 is 4.74 Å². The van der Waals surface area contributed by atoms with Crippen LogP contribution in [0.25, 0.3) is 0 Å². The van der Waals surface area contributed by atoms with E-state index in [0.29, 0.717) is 25.8 Å². The van der Waals surface area contributed by atoms with Crippen molar-refractivity contribution in [1.29, 1.82) is 0 Å². The molecule has 0 atom stereocenters. The Kier molecular flexibility index (Phi) is 4.86. The van der Waals surface area contributed by atoms with Crippen LogP contribution in [0.4, 0.5) is 5.69 Å². The normalized spacial score (nSPS) is 10.3. The quantitative estimate of drug-likeness (QED) is 0.541. The standard InChI is InChI=1S/C13H8BrCl2NO3/c14-12-2-1-8(3-13(12)17(18)19)7-20-11-5-9(15)4-10(16)6-11/h1-6H,7H2. The van der Waals surface area contributed by atoms with Gasteiger partial charge in [0.2, 0.25) is 0 Å². The third-order valence-corrected chi connectivity index (χ3v) is 3.56. The Morgan fingerprint density at radius 1 is 1.15 bits per heavy atom. The monoisotopic (exact) mass is 375 g/mol. The van der Waals surface area contributed by atoms with Gasteiger partial charge in [-0.25, -0.2) is 0 Å². The van der Waals surface area contributed by atoms with Gasteiger partial charge in [0.15, 0.2) is 0 Å². The summed E-state index contributed by atoms with van der Waals surface area (Å²) in [6.45, 7) is 0.185. The third-order valence-electron chi connectivity index (χ3n) is 2.45. The lowest BCUT2D eigenvalue weighted by atomic mass is 10.2. The topological polar surface area (TPSA) is 52.4 Å². The zero-order valence-corrected chi connectivity index (χ0v) is 13.1. The molecule has 0 amide bonds. The minimum atomic E-state index is -0.455. The fraction of sp³-hybridized carbons (Fsp3) is 0.0769. The highest BCUT2D eigenvalue weighted by atomic mass is 79.9. The largest absolute Gasteiger partial charge is 0.489 e. The summed E-state index contributed by atoms with van der Waals surface area (Å²) in [6, 6.07) is 9.66. The molecule has 0 aliphatic heterocycles. The molecule has 0 bridgehead atoms. The minimum Gasteiger partial charge on any atom is -0.489 e. The first-order valence-electron chi connectivity index (χ1n) is 5.47. The molecule has 104 valence electrons. The molecule has 0 aliphatic rings. The first-order chi connectivity index (χ1) is 9.45. The number of nitro benzene ring substituents is 1. The van der Waals surface area contributed by atoms with Crippen molar-refractivity contribution in [2.45, 2.75) is 6.61 Å². The van der Waals surface area contributed by atoms with Crippen molar-refractivity contribution in [2.75, 3.05) is 0 Å². The van der Waals surface area contributed by atoms with Crippen molar-refractivity contribution in [2.24, 2.45) is 0 Å². The van der Waals surface area contributed by atoms with Crippen LogP contribution in [-0.2, 0) is 6.61 Å². The molecule has 0 saturated carbocycles. The molecule has 2 aromatic rings. The Morgan fingerprint density at radius 3 is 2.40 bits per heavy atom. The summed E-state index contributed by atoms with van der Waals surface area (Å²) in [5.74, 6) is 0.507. The maximum absolute atomic E-state index is 10.8. The second-order valence-electron chi connectivity index (χ2n) is 3.94. The Bertz CT molecular complexity index is 644. The number of nitro groups is 1. The number of halogens is 3. The van der Waals surface area contributed by atoms with Crippen LogP contribution < -0.4 is 4.74 Å². The van der Waals surface area contributed by atoms with Gasteiger partial charge in [-0.15, -0.1) is 0 Å². The van der Waals surface area contributed by atoms with Gasteiger partial charge in [0, 0.05) is 16.1 Å². The van der Waals surface area contributed by atoms with Crippen LogP contribution in [0.1, 0.15) is 5.56 Å². The van der Waals surface area contributed by atoms with E-state index in [1.165, 1.54) is 6.07 Å². The molecular weight excluding hydrogens is 369 g/mol. The van der Waals surface area contributed by atoms with Crippen LogP contribution in [0.15, 0.2) is 40.9 Å². The van der Waals surface area contributed by atoms with Gasteiger partial charge in [-0.3, -0.25) is 10.1 Å². The van der Waals surface area contributed by atoms with Gasteiger partial charge in [-0.1, -0.05) is 29.3 Å². The van der Waals surface area contributed by atoms with Crippen LogP contribution in [0, 0.1) is 10.1 Å². The highest BCUT2D eigenvalue weighted by Crippen LogP contribution is 2.27. The number of benzene rings is 2. The summed E-state index contributed by atoms with van der Waals surface area (Å²) in [5, 5.41) is 11.8. The summed E-state index contributed by atoms with van der Waals surface area (Å²) in [5.41, 5.74) is 0.672. The van der Waals surface area contributed by atoms with Gasteiger partial charge >= 0.3 is 0 Å². The average Bonchev–Trinajstić information content (AvgIpc) is 2.36. The van der Waals surface area contributed by atoms with Gasteiger partial charge in [-0.2, -0.15) is 0 Å². The lowest BCUT2D eigenvalue weighted by Gasteiger charge is -2.07. The minimum absolute atomic E-state index is 0.00442. The summed E-state index contributed by atoms with van der Waals surface area (Å²) < 4.78 is 5.95. The van der Waals surface area contributed by atoms with Gasteiger partial charge in [-0.05, 0) is 45.8 Å². The molecule has 2 aromatic carbocycles. The predicted octanol–water partition coefficient (Wildman–Crippen LogP) is 5.24. The van der Waals surface area contributed by atoms with E-state index in [2.05, 4.69) is 15.9 Å². The highest BCUT2D eigenvalue weighted by molar-refractivity contribution is 9.10. The lowest BCUT2D eigenvalue weighted by molar-refractivity contribution is -0.385. The molecule has 0 N–H and O–H groups in total. The SMILES string of the molecule is O=[N+]([O-])c1cc(COc2cc(Cl)cc(Cl)c2)ccc1Br. The Labute approximate surface area is 133 Å². The second kappa shape index (κ2) is 6.43. The smallest absolute Gasteiger partial charge is 0.283 e. The fourth-order valence-electron chi connectivity index (χ4n) is 1.57. The molecule has 0 saturated heterocycles. The van der Waals surface area contributed by atoms with Crippen LogP contribution in [-0.4, -0.2) is 4.92 Å². The van der Waals surface area contributed by atoms with Crippen LogP contribution in [0.5, 0.6) is 5.75 Å². The summed E-state index contributed by atoms with van der Waals surface area (Å²) in [7, 11) is 0. The summed E-state index contributed by atoms with van der Waals surface area (Å²) in [4.78, 5) is 10.4. The molecule has 7 heteroatoms. The molecule has 0 fully saturated rings. The molecule has 0 heterocycles. The Morgan fingerprint density at radius 2 is 1.80 bits per heavy atom. The van der Waals surface area contributed by atoms with E-state index in [1.54, 1.807) is 30.3 Å². The van der Waals surface area contributed by atoms with E-state index >= 15 is 0 Å². The van der Waals surface area contributed by atoms with Crippen LogP contribution >= 0.6 is 39.1 Å². The summed E-state index contributed by atoms with van der Waals surface area (Å²) >= 11 is 14.8. The number of hydrogen-bond donors (Lipinski definition) is 0. The molecule has 0 aliphatic carbocycles. The van der Waals surface area contributed by atoms with Gasteiger partial charge in [0.05, 0.1) is 9.40 Å². The molecular formula is C13H8BrCl2NO3. The van der Waals surface area contributed by atoms with E-state index in [9.17, 15) is 10.1 Å². The molecule has 0 radical (unpaired) electrons. The molecule has 0 unspecified atom stereocenters. The van der Waals surface area contributed by atoms with Crippen LogP contribution in [0.2, 0.25) is 10.0 Å². The maximum Gasteiger partial charge on any atom is 0.283 e. The molecule has 20 heavy (non-hydrogen) atoms. The fourth-order valence-corrected chi connectivity index (χ4v) is 2.46. The first-order valence-corrected chi connectivity index (χ1v) is 7.02. The van der Waals surface area contributed by atoms with Crippen molar-refractivity contribution in [3.63, 3.8) is 0 Å². The number of nitrogens with zero attached hydrogens (tertiary/aromatic N) is 1. The number of hydrogen-bond acceptors (Lipinski definition) is 3. The van der Waals surface area contributed by atoms with Crippen molar-refractivity contribution in [1.82, 2.24) is 0 Å². The Hall–Kier alpha value is -1.30. The number of ether oxygens (including phenoxy) is 1. The van der Waals surface area contributed by atoms with E-state index in [-0.39, 0.29) is 12.3 Å². The van der Waals surface area contributed by atoms with Gasteiger partial charge in [0.1, 0.15) is 12.4 Å². The maximum atomic E-state index is 10.8. The number of rotatable bonds is 4. The Balaban J connectivity index is 2.14. The van der Waals surface area contributed by atoms with Crippen molar-refractivity contribution in [3.05, 3.63) is 66.6 Å². The molecule has 4 nitrogen and oxygen atoms in total. The molecule has 0 spiro atoms. The van der Waals surface area contributed by atoms with E-state index in [0.717, 1.165) is 0 Å². The van der Waals surface area contributed by atoms with Crippen LogP contribution in [0.3, 0.4) is 0 Å². The lowest BCUT2D eigenvalue weighted by Crippen LogP contribution is -1.97. The predicted molar refractivity (Wildman–Crippen MR) is 81.6 cm³/mol. The van der Waals surface area contributed by atoms with E-state index < -0.39 is 4.92 Å². The van der Waals surface area contributed by atoms with E-state index in [1.807, 2.05) is 0 Å². The van der Waals surface area contributed by atoms with Crippen molar-refractivity contribution in [3.8, 4) is 5.75 Å². The first kappa shape index (κ1) is 15.1. The van der Waals surface area contributed by atoms with Gasteiger partial charge in [0.25, 0.3) is 5.69 Å². The summed E-state index contributed by atoms with van der Waals surface area (Å²) in [6.07, 6.45) is 0.